The van der Waals surface area contributed by atoms with Crippen LogP contribution in [0.1, 0.15) is 0 Å². The number of rotatable bonds is 4. The lowest BCUT2D eigenvalue weighted by atomic mass is 10.4. The first-order chi connectivity index (χ1) is 8.09. The van der Waals surface area contributed by atoms with Crippen molar-refractivity contribution in [2.75, 3.05) is 0 Å². The van der Waals surface area contributed by atoms with Gasteiger partial charge in [-0.05, 0) is 23.9 Å². The van der Waals surface area contributed by atoms with Gasteiger partial charge < -0.3 is 4.55 Å². The third-order valence-corrected chi connectivity index (χ3v) is 4.54. The van der Waals surface area contributed by atoms with Crippen LogP contribution in [0.5, 0.6) is 0 Å². The van der Waals surface area contributed by atoms with E-state index < -0.39 is 38.2 Å². The number of hydrogen-bond acceptors (Lipinski definition) is 2. The third kappa shape index (κ3) is 3.11. The Morgan fingerprint density at radius 3 is 2.00 bits per heavy atom. The molecule has 0 amide bonds. The summed E-state index contributed by atoms with van der Waals surface area (Å²) in [6, 6.07) is 3.70. The third-order valence-electron chi connectivity index (χ3n) is 1.71. The number of halogens is 6. The van der Waals surface area contributed by atoms with Gasteiger partial charge in [-0.15, -0.1) is 0 Å². The molecule has 0 aromatic heterocycles. The second-order valence-corrected chi connectivity index (χ2v) is 5.89. The Kier molecular flexibility index (Phi) is 4.93. The highest BCUT2D eigenvalue weighted by molar-refractivity contribution is 8.01. The molecular formula is C8H4Cl2F4O2S2. The molecule has 0 saturated heterocycles. The topological polar surface area (TPSA) is 37.3 Å². The van der Waals surface area contributed by atoms with Gasteiger partial charge in [-0.1, -0.05) is 29.3 Å². The molecule has 10 heteroatoms. The Bertz CT molecular complexity index is 464. The van der Waals surface area contributed by atoms with Crippen molar-refractivity contribution in [3.8, 4) is 0 Å². The average molecular weight is 343 g/mol. The van der Waals surface area contributed by atoms with Crippen LogP contribution in [0, 0.1) is 0 Å². The molecule has 0 aliphatic rings. The van der Waals surface area contributed by atoms with E-state index in [1.807, 2.05) is 0 Å². The minimum atomic E-state index is -5.12. The molecule has 2 nitrogen and oxygen atoms in total. The molecule has 0 fully saturated rings. The molecule has 0 bridgehead atoms. The molecule has 1 atom stereocenters. The van der Waals surface area contributed by atoms with Crippen molar-refractivity contribution in [1.82, 2.24) is 0 Å². The highest BCUT2D eigenvalue weighted by Gasteiger charge is 2.62. The number of thioether (sulfide) groups is 1. The predicted octanol–water partition coefficient (Wildman–Crippen LogP) is 4.49. The number of benzene rings is 1. The van der Waals surface area contributed by atoms with Crippen molar-refractivity contribution < 1.29 is 26.3 Å². The first kappa shape index (κ1) is 16.0. The zero-order chi connectivity index (χ0) is 14.1. The van der Waals surface area contributed by atoms with Crippen molar-refractivity contribution in [2.45, 2.75) is 15.4 Å². The van der Waals surface area contributed by atoms with E-state index >= 15 is 0 Å². The minimum Gasteiger partial charge on any atom is -0.301 e. The highest BCUT2D eigenvalue weighted by Crippen LogP contribution is 2.51. The molecule has 1 aromatic rings. The molecule has 0 aliphatic heterocycles. The van der Waals surface area contributed by atoms with Gasteiger partial charge >= 0.3 is 10.5 Å². The molecule has 0 saturated carbocycles. The van der Waals surface area contributed by atoms with E-state index in [1.54, 1.807) is 0 Å². The first-order valence-corrected chi connectivity index (χ1v) is 6.77. The van der Waals surface area contributed by atoms with Crippen molar-refractivity contribution in [1.29, 1.82) is 0 Å². The Labute approximate surface area is 116 Å². The van der Waals surface area contributed by atoms with Gasteiger partial charge in [-0.25, -0.2) is 4.21 Å². The zero-order valence-corrected chi connectivity index (χ0v) is 11.3. The summed E-state index contributed by atoms with van der Waals surface area (Å²) in [7, 11) is 0. The summed E-state index contributed by atoms with van der Waals surface area (Å²) < 4.78 is 70.6. The van der Waals surface area contributed by atoms with Crippen molar-refractivity contribution >= 4 is 46.0 Å². The van der Waals surface area contributed by atoms with E-state index in [0.29, 0.717) is 0 Å². The van der Waals surface area contributed by atoms with Crippen LogP contribution in [-0.4, -0.2) is 19.3 Å². The van der Waals surface area contributed by atoms with Crippen LogP contribution in [0.25, 0.3) is 0 Å². The number of hydrogen-bond donors (Lipinski definition) is 1. The standard InChI is InChI=1S/C8H4Cl2F4O2S2/c9-4-2-1-3-5(10)6(4)17-7(11,12)8(13,14)18(15)16/h1-3H,(H,15,16). The summed E-state index contributed by atoms with van der Waals surface area (Å²) in [6.45, 7) is 0. The Morgan fingerprint density at radius 2 is 1.61 bits per heavy atom. The molecule has 18 heavy (non-hydrogen) atoms. The normalized spacial score (nSPS) is 14.6. The highest BCUT2D eigenvalue weighted by atomic mass is 35.5. The number of alkyl halides is 4. The van der Waals surface area contributed by atoms with Crippen LogP contribution in [0.2, 0.25) is 10.0 Å². The fourth-order valence-corrected chi connectivity index (χ4v) is 2.75. The van der Waals surface area contributed by atoms with E-state index in [9.17, 15) is 21.8 Å². The molecule has 0 heterocycles. The quantitative estimate of drug-likeness (QED) is 0.497. The van der Waals surface area contributed by atoms with Crippen LogP contribution in [-0.2, 0) is 11.1 Å². The minimum absolute atomic E-state index is 0.258. The van der Waals surface area contributed by atoms with E-state index in [1.165, 1.54) is 18.2 Å². The van der Waals surface area contributed by atoms with E-state index in [-0.39, 0.29) is 10.0 Å². The Hall–Kier alpha value is -0.0200. The molecule has 0 spiro atoms. The van der Waals surface area contributed by atoms with Crippen LogP contribution < -0.4 is 0 Å². The summed E-state index contributed by atoms with van der Waals surface area (Å²) in [5.74, 6) is 0. The van der Waals surface area contributed by atoms with Crippen LogP contribution >= 0.6 is 35.0 Å². The fourth-order valence-electron chi connectivity index (χ4n) is 0.869. The molecule has 1 aromatic carbocycles. The van der Waals surface area contributed by atoms with Crippen molar-refractivity contribution in [3.63, 3.8) is 0 Å². The van der Waals surface area contributed by atoms with Gasteiger partial charge in [0.1, 0.15) is 0 Å². The van der Waals surface area contributed by atoms with Gasteiger partial charge in [0.05, 0.1) is 14.9 Å². The smallest absolute Gasteiger partial charge is 0.301 e. The largest absolute Gasteiger partial charge is 0.416 e. The Balaban J connectivity index is 3.14. The monoisotopic (exact) mass is 342 g/mol. The second-order valence-electron chi connectivity index (χ2n) is 2.94. The maximum atomic E-state index is 13.2. The van der Waals surface area contributed by atoms with Gasteiger partial charge in [0.2, 0.25) is 11.1 Å². The lowest BCUT2D eigenvalue weighted by Crippen LogP contribution is -2.41. The SMILES string of the molecule is O=S(O)C(F)(F)C(F)(F)Sc1c(Cl)cccc1Cl. The lowest BCUT2D eigenvalue weighted by Gasteiger charge is -2.23. The molecule has 102 valence electrons. The van der Waals surface area contributed by atoms with Gasteiger partial charge in [0, 0.05) is 0 Å². The first-order valence-electron chi connectivity index (χ1n) is 4.09. The Morgan fingerprint density at radius 1 is 1.17 bits per heavy atom. The van der Waals surface area contributed by atoms with Crippen LogP contribution in [0.4, 0.5) is 17.6 Å². The zero-order valence-electron chi connectivity index (χ0n) is 8.17. The average Bonchev–Trinajstić information content (AvgIpc) is 2.23. The summed E-state index contributed by atoms with van der Waals surface area (Å²) in [4.78, 5) is -0.490. The van der Waals surface area contributed by atoms with Gasteiger partial charge in [-0.3, -0.25) is 0 Å². The maximum Gasteiger partial charge on any atom is 0.416 e. The molecule has 1 rings (SSSR count). The molecular weight excluding hydrogens is 339 g/mol. The fraction of sp³-hybridized carbons (Fsp3) is 0.250. The maximum absolute atomic E-state index is 13.2. The molecule has 1 N–H and O–H groups in total. The van der Waals surface area contributed by atoms with Crippen molar-refractivity contribution in [2.24, 2.45) is 0 Å². The van der Waals surface area contributed by atoms with Gasteiger partial charge in [-0.2, -0.15) is 17.6 Å². The van der Waals surface area contributed by atoms with Crippen molar-refractivity contribution in [3.05, 3.63) is 28.2 Å². The van der Waals surface area contributed by atoms with Gasteiger partial charge in [0.15, 0.2) is 0 Å². The summed E-state index contributed by atoms with van der Waals surface area (Å²) >= 11 is 6.40. The summed E-state index contributed by atoms with van der Waals surface area (Å²) in [6.07, 6.45) is 0. The predicted molar refractivity (Wildman–Crippen MR) is 63.0 cm³/mol. The van der Waals surface area contributed by atoms with Crippen LogP contribution in [0.15, 0.2) is 23.1 Å². The molecule has 0 aliphatic carbocycles. The molecule has 1 unspecified atom stereocenters. The lowest BCUT2D eigenvalue weighted by molar-refractivity contribution is -0.0907. The van der Waals surface area contributed by atoms with E-state index in [4.69, 9.17) is 27.8 Å². The van der Waals surface area contributed by atoms with E-state index in [0.717, 1.165) is 0 Å². The van der Waals surface area contributed by atoms with Gasteiger partial charge in [0.25, 0.3) is 0 Å². The molecule has 0 radical (unpaired) electrons. The van der Waals surface area contributed by atoms with E-state index in [2.05, 4.69) is 0 Å². The summed E-state index contributed by atoms with van der Waals surface area (Å²) in [5.41, 5.74) is 0. The second kappa shape index (κ2) is 5.54. The van der Waals surface area contributed by atoms with Crippen LogP contribution in [0.3, 0.4) is 0 Å². The summed E-state index contributed by atoms with van der Waals surface area (Å²) in [5, 5.41) is -10.5.